The number of hydrogen-bond acceptors (Lipinski definition) is 5. The molecule has 0 aromatic carbocycles. The smallest absolute Gasteiger partial charge is 0.301 e. The van der Waals surface area contributed by atoms with Gasteiger partial charge in [0, 0.05) is 25.6 Å². The Balaban J connectivity index is 2.61. The Hall–Kier alpha value is -1.82. The molecule has 0 aliphatic carbocycles. The van der Waals surface area contributed by atoms with Crippen LogP contribution >= 0.6 is 11.3 Å². The third kappa shape index (κ3) is 1.15. The van der Waals surface area contributed by atoms with E-state index in [1.54, 1.807) is 25.6 Å². The molecule has 3 aromatic rings. The van der Waals surface area contributed by atoms with Crippen molar-refractivity contribution in [3.8, 4) is 0 Å². The van der Waals surface area contributed by atoms with Gasteiger partial charge >= 0.3 is 5.69 Å². The molecule has 0 saturated heterocycles. The van der Waals surface area contributed by atoms with Gasteiger partial charge in [0.1, 0.15) is 15.9 Å². The Bertz CT molecular complexity index is 715. The molecule has 0 aliphatic heterocycles. The van der Waals surface area contributed by atoms with Crippen molar-refractivity contribution in [2.45, 2.75) is 0 Å². The molecule has 0 atom stereocenters. The lowest BCUT2D eigenvalue weighted by molar-refractivity contribution is 0.829. The molecule has 0 aliphatic rings. The third-order valence-corrected chi connectivity index (χ3v) is 3.16. The highest BCUT2D eigenvalue weighted by Crippen LogP contribution is 2.27. The Labute approximate surface area is 88.1 Å². The monoisotopic (exact) mass is 218 g/mol. The van der Waals surface area contributed by atoms with Gasteiger partial charge in [0.05, 0.1) is 4.70 Å². The van der Waals surface area contributed by atoms with Gasteiger partial charge in [-0.15, -0.1) is 11.3 Å². The standard InChI is InChI=1S/C9H6N4OS/c1-13-4-5-6(12-9(13)14)7-8(15-5)11-3-2-10-7/h2-4H,1H3. The number of aromatic nitrogens is 4. The van der Waals surface area contributed by atoms with Crippen LogP contribution in [0.1, 0.15) is 0 Å². The Morgan fingerprint density at radius 2 is 2.07 bits per heavy atom. The largest absolute Gasteiger partial charge is 0.347 e. The van der Waals surface area contributed by atoms with Crippen molar-refractivity contribution < 1.29 is 0 Å². The van der Waals surface area contributed by atoms with Gasteiger partial charge in [0.2, 0.25) is 0 Å². The van der Waals surface area contributed by atoms with Crippen LogP contribution in [0.2, 0.25) is 0 Å². The predicted octanol–water partition coefficient (Wildman–Crippen LogP) is 0.938. The fourth-order valence-corrected chi connectivity index (χ4v) is 2.45. The molecule has 74 valence electrons. The highest BCUT2D eigenvalue weighted by atomic mass is 32.1. The Morgan fingerprint density at radius 1 is 1.27 bits per heavy atom. The average molecular weight is 218 g/mol. The molecule has 0 amide bonds. The minimum absolute atomic E-state index is 0.271. The van der Waals surface area contributed by atoms with Crippen LogP contribution in [-0.2, 0) is 7.05 Å². The summed E-state index contributed by atoms with van der Waals surface area (Å²) in [5.41, 5.74) is 1.08. The average Bonchev–Trinajstić information content (AvgIpc) is 2.57. The molecule has 3 rings (SSSR count). The van der Waals surface area contributed by atoms with E-state index in [4.69, 9.17) is 0 Å². The summed E-state index contributed by atoms with van der Waals surface area (Å²) in [6.07, 6.45) is 5.00. The maximum atomic E-state index is 11.4. The van der Waals surface area contributed by atoms with E-state index < -0.39 is 0 Å². The molecule has 0 fully saturated rings. The lowest BCUT2D eigenvalue weighted by atomic mass is 10.4. The molecule has 15 heavy (non-hydrogen) atoms. The number of rotatable bonds is 0. The van der Waals surface area contributed by atoms with Crippen molar-refractivity contribution in [1.29, 1.82) is 0 Å². The van der Waals surface area contributed by atoms with E-state index in [1.165, 1.54) is 15.9 Å². The van der Waals surface area contributed by atoms with Crippen molar-refractivity contribution in [3.63, 3.8) is 0 Å². The summed E-state index contributed by atoms with van der Waals surface area (Å²) in [7, 11) is 1.68. The highest BCUT2D eigenvalue weighted by Gasteiger charge is 2.09. The van der Waals surface area contributed by atoms with Crippen LogP contribution in [-0.4, -0.2) is 19.5 Å². The van der Waals surface area contributed by atoms with E-state index in [2.05, 4.69) is 15.0 Å². The van der Waals surface area contributed by atoms with Crippen molar-refractivity contribution in [3.05, 3.63) is 29.1 Å². The van der Waals surface area contributed by atoms with Crippen molar-refractivity contribution in [1.82, 2.24) is 19.5 Å². The zero-order chi connectivity index (χ0) is 10.4. The lowest BCUT2D eigenvalue weighted by Crippen LogP contribution is -2.18. The van der Waals surface area contributed by atoms with E-state index in [0.717, 1.165) is 9.53 Å². The third-order valence-electron chi connectivity index (χ3n) is 2.15. The molecule has 6 heteroatoms. The molecule has 0 unspecified atom stereocenters. The Kier molecular flexibility index (Phi) is 1.60. The minimum Gasteiger partial charge on any atom is -0.301 e. The molecule has 0 spiro atoms. The zero-order valence-electron chi connectivity index (χ0n) is 7.84. The van der Waals surface area contributed by atoms with Gasteiger partial charge in [-0.25, -0.2) is 14.8 Å². The number of fused-ring (bicyclic) bond motifs is 3. The quantitative estimate of drug-likeness (QED) is 0.563. The molecule has 0 saturated carbocycles. The van der Waals surface area contributed by atoms with Crippen LogP contribution in [0.15, 0.2) is 23.4 Å². The van der Waals surface area contributed by atoms with Crippen molar-refractivity contribution >= 4 is 31.9 Å². The predicted molar refractivity (Wildman–Crippen MR) is 58.0 cm³/mol. The summed E-state index contributed by atoms with van der Waals surface area (Å²) in [6, 6.07) is 0. The minimum atomic E-state index is -0.271. The summed E-state index contributed by atoms with van der Waals surface area (Å²) in [5.74, 6) is 0. The summed E-state index contributed by atoms with van der Waals surface area (Å²) in [5, 5.41) is 0. The molecule has 3 aromatic heterocycles. The Morgan fingerprint density at radius 3 is 2.93 bits per heavy atom. The van der Waals surface area contributed by atoms with E-state index in [1.807, 2.05) is 0 Å². The van der Waals surface area contributed by atoms with Crippen LogP contribution in [0, 0.1) is 0 Å². The molecule has 3 heterocycles. The van der Waals surface area contributed by atoms with E-state index in [0.29, 0.717) is 11.0 Å². The molecule has 0 radical (unpaired) electrons. The van der Waals surface area contributed by atoms with Gasteiger partial charge in [-0.3, -0.25) is 0 Å². The van der Waals surface area contributed by atoms with E-state index in [9.17, 15) is 4.79 Å². The van der Waals surface area contributed by atoms with Gasteiger partial charge in [-0.1, -0.05) is 0 Å². The first kappa shape index (κ1) is 8.49. The molecule has 0 bridgehead atoms. The van der Waals surface area contributed by atoms with Gasteiger partial charge in [0.25, 0.3) is 0 Å². The SMILES string of the molecule is Cn1cc2sc3nccnc3c2nc1=O. The maximum Gasteiger partial charge on any atom is 0.347 e. The zero-order valence-corrected chi connectivity index (χ0v) is 8.65. The van der Waals surface area contributed by atoms with Crippen molar-refractivity contribution in [2.24, 2.45) is 7.05 Å². The summed E-state index contributed by atoms with van der Waals surface area (Å²) in [4.78, 5) is 24.5. The van der Waals surface area contributed by atoms with Gasteiger partial charge in [0.15, 0.2) is 0 Å². The molecular formula is C9H6N4OS. The van der Waals surface area contributed by atoms with Crippen LogP contribution in [0.3, 0.4) is 0 Å². The van der Waals surface area contributed by atoms with E-state index in [-0.39, 0.29) is 5.69 Å². The second kappa shape index (κ2) is 2.83. The van der Waals surface area contributed by atoms with Gasteiger partial charge in [-0.05, 0) is 0 Å². The normalized spacial score (nSPS) is 11.3. The molecule has 0 N–H and O–H groups in total. The fourth-order valence-electron chi connectivity index (χ4n) is 1.43. The van der Waals surface area contributed by atoms with Crippen LogP contribution in [0.25, 0.3) is 20.6 Å². The lowest BCUT2D eigenvalue weighted by Gasteiger charge is -1.93. The maximum absolute atomic E-state index is 11.4. The first-order valence-electron chi connectivity index (χ1n) is 4.32. The van der Waals surface area contributed by atoms with Crippen LogP contribution in [0.5, 0.6) is 0 Å². The number of nitrogens with zero attached hydrogens (tertiary/aromatic N) is 4. The topological polar surface area (TPSA) is 60.7 Å². The number of hydrogen-bond donors (Lipinski definition) is 0. The second-order valence-electron chi connectivity index (χ2n) is 3.16. The summed E-state index contributed by atoms with van der Waals surface area (Å²) in [6.45, 7) is 0. The molecular weight excluding hydrogens is 212 g/mol. The first-order chi connectivity index (χ1) is 7.25. The second-order valence-corrected chi connectivity index (χ2v) is 4.19. The number of aryl methyl sites for hydroxylation is 1. The fraction of sp³-hybridized carbons (Fsp3) is 0.111. The van der Waals surface area contributed by atoms with Gasteiger partial charge in [-0.2, -0.15) is 4.98 Å². The summed E-state index contributed by atoms with van der Waals surface area (Å²) >= 11 is 1.49. The van der Waals surface area contributed by atoms with Crippen molar-refractivity contribution in [2.75, 3.05) is 0 Å². The van der Waals surface area contributed by atoms with Crippen LogP contribution < -0.4 is 5.69 Å². The molecule has 5 nitrogen and oxygen atoms in total. The van der Waals surface area contributed by atoms with E-state index >= 15 is 0 Å². The highest BCUT2D eigenvalue weighted by molar-refractivity contribution is 7.25. The number of thiophene rings is 1. The van der Waals surface area contributed by atoms with Gasteiger partial charge < -0.3 is 4.57 Å². The summed E-state index contributed by atoms with van der Waals surface area (Å²) < 4.78 is 2.39. The first-order valence-corrected chi connectivity index (χ1v) is 5.14. The van der Waals surface area contributed by atoms with Crippen LogP contribution in [0.4, 0.5) is 0 Å².